The molecule has 1 aromatic heterocycles. The maximum absolute atomic E-state index is 13.6. The van der Waals surface area contributed by atoms with Gasteiger partial charge in [-0.3, -0.25) is 9.59 Å². The fourth-order valence-corrected chi connectivity index (χ4v) is 4.20. The lowest BCUT2D eigenvalue weighted by Crippen LogP contribution is -2.36. The number of nitrogens with zero attached hydrogens (tertiary/aromatic N) is 2. The number of carbonyl (C=O) groups is 2. The van der Waals surface area contributed by atoms with Crippen molar-refractivity contribution in [2.45, 2.75) is 19.4 Å². The van der Waals surface area contributed by atoms with Gasteiger partial charge in [0.2, 0.25) is 5.78 Å². The SMILES string of the molecule is CCCOc1cccc(C2C(C(=O)c3cc4cc(Cl)ccc4o3)=C(O)C(=O)N2CCN(C)C)c1. The topological polar surface area (TPSA) is 83.2 Å². The smallest absolute Gasteiger partial charge is 0.290 e. The second-order valence-corrected chi connectivity index (χ2v) is 8.95. The third kappa shape index (κ3) is 4.67. The maximum Gasteiger partial charge on any atom is 0.290 e. The van der Waals surface area contributed by atoms with Crippen LogP contribution in [0.5, 0.6) is 5.75 Å². The Morgan fingerprint density at radius 3 is 2.74 bits per heavy atom. The van der Waals surface area contributed by atoms with Crippen LogP contribution in [0.2, 0.25) is 5.02 Å². The molecule has 3 aromatic rings. The summed E-state index contributed by atoms with van der Waals surface area (Å²) in [6.07, 6.45) is 0.849. The summed E-state index contributed by atoms with van der Waals surface area (Å²) in [5.74, 6) is -1.03. The number of hydrogen-bond donors (Lipinski definition) is 1. The fourth-order valence-electron chi connectivity index (χ4n) is 4.02. The molecule has 1 amide bonds. The molecule has 1 atom stereocenters. The number of halogens is 1. The first-order valence-corrected chi connectivity index (χ1v) is 11.5. The molecule has 4 rings (SSSR count). The Hall–Kier alpha value is -3.29. The molecule has 1 unspecified atom stereocenters. The number of fused-ring (bicyclic) bond motifs is 1. The molecule has 1 N–H and O–H groups in total. The number of benzene rings is 2. The van der Waals surface area contributed by atoms with Gasteiger partial charge in [-0.05, 0) is 62.5 Å². The molecule has 0 radical (unpaired) electrons. The van der Waals surface area contributed by atoms with Crippen molar-refractivity contribution in [3.63, 3.8) is 0 Å². The van der Waals surface area contributed by atoms with Crippen molar-refractivity contribution >= 4 is 34.3 Å². The number of aliphatic hydroxyl groups is 1. The van der Waals surface area contributed by atoms with Crippen LogP contribution in [0.15, 0.2) is 64.3 Å². The number of rotatable bonds is 9. The molecule has 34 heavy (non-hydrogen) atoms. The number of carbonyl (C=O) groups excluding carboxylic acids is 2. The quantitative estimate of drug-likeness (QED) is 0.431. The van der Waals surface area contributed by atoms with Gasteiger partial charge in [0, 0.05) is 23.5 Å². The van der Waals surface area contributed by atoms with E-state index in [0.29, 0.717) is 47.0 Å². The molecular weight excluding hydrogens is 456 g/mol. The van der Waals surface area contributed by atoms with Crippen LogP contribution in [0.4, 0.5) is 0 Å². The first-order valence-electron chi connectivity index (χ1n) is 11.2. The number of amides is 1. The van der Waals surface area contributed by atoms with E-state index in [0.717, 1.165) is 6.42 Å². The van der Waals surface area contributed by atoms with E-state index in [-0.39, 0.29) is 11.3 Å². The first-order chi connectivity index (χ1) is 16.3. The van der Waals surface area contributed by atoms with Crippen LogP contribution in [0.1, 0.15) is 35.5 Å². The van der Waals surface area contributed by atoms with Crippen molar-refractivity contribution in [3.8, 4) is 5.75 Å². The first kappa shape index (κ1) is 23.9. The Labute approximate surface area is 203 Å². The number of Topliss-reactive ketones (excluding diaryl/α,β-unsaturated/α-hetero) is 1. The molecule has 1 aliphatic heterocycles. The summed E-state index contributed by atoms with van der Waals surface area (Å²) in [5.41, 5.74) is 1.15. The Balaban J connectivity index is 1.77. The number of hydrogen-bond acceptors (Lipinski definition) is 6. The average Bonchev–Trinajstić information content (AvgIpc) is 3.34. The molecule has 2 heterocycles. The van der Waals surface area contributed by atoms with Crippen LogP contribution in [0.3, 0.4) is 0 Å². The lowest BCUT2D eigenvalue weighted by molar-refractivity contribution is -0.129. The monoisotopic (exact) mass is 482 g/mol. The average molecular weight is 483 g/mol. The standard InChI is InChI=1S/C26H27ClN2O5/c1-4-12-33-19-7-5-6-16(14-19)23-22(25(31)26(32)29(23)11-10-28(2)3)24(30)21-15-17-13-18(27)8-9-20(17)34-21/h5-9,13-15,23,31H,4,10-12H2,1-3H3. The molecule has 8 heteroatoms. The number of aliphatic hydroxyl groups excluding tert-OH is 1. The molecule has 0 aliphatic carbocycles. The summed E-state index contributed by atoms with van der Waals surface area (Å²) in [5, 5.41) is 12.0. The molecule has 178 valence electrons. The molecule has 1 aliphatic rings. The van der Waals surface area contributed by atoms with Gasteiger partial charge in [0.25, 0.3) is 5.91 Å². The summed E-state index contributed by atoms with van der Waals surface area (Å²) >= 11 is 6.07. The van der Waals surface area contributed by atoms with Gasteiger partial charge in [-0.15, -0.1) is 0 Å². The molecule has 0 saturated heterocycles. The van der Waals surface area contributed by atoms with Gasteiger partial charge in [-0.2, -0.15) is 0 Å². The fraction of sp³-hybridized carbons (Fsp3) is 0.308. The third-order valence-corrected chi connectivity index (χ3v) is 5.92. The lowest BCUT2D eigenvalue weighted by atomic mass is 9.95. The lowest BCUT2D eigenvalue weighted by Gasteiger charge is -2.28. The highest BCUT2D eigenvalue weighted by Gasteiger charge is 2.44. The van der Waals surface area contributed by atoms with Crippen molar-refractivity contribution in [2.24, 2.45) is 0 Å². The normalized spacial score (nSPS) is 16.2. The predicted octanol–water partition coefficient (Wildman–Crippen LogP) is 5.01. The maximum atomic E-state index is 13.6. The number of ketones is 1. The zero-order valence-electron chi connectivity index (χ0n) is 19.4. The van der Waals surface area contributed by atoms with E-state index in [2.05, 4.69) is 0 Å². The second kappa shape index (κ2) is 9.91. The Morgan fingerprint density at radius 2 is 2.00 bits per heavy atom. The molecular formula is C26H27ClN2O5. The number of likely N-dealkylation sites (N-methyl/N-ethyl adjacent to an activating group) is 1. The largest absolute Gasteiger partial charge is 0.503 e. The van der Waals surface area contributed by atoms with Crippen molar-refractivity contribution < 1.29 is 23.8 Å². The van der Waals surface area contributed by atoms with Gasteiger partial charge >= 0.3 is 0 Å². The Bertz CT molecular complexity index is 1260. The molecule has 0 saturated carbocycles. The minimum absolute atomic E-state index is 0.0125. The van der Waals surface area contributed by atoms with Crippen molar-refractivity contribution in [1.82, 2.24) is 9.80 Å². The van der Waals surface area contributed by atoms with E-state index in [1.54, 1.807) is 30.3 Å². The van der Waals surface area contributed by atoms with E-state index >= 15 is 0 Å². The van der Waals surface area contributed by atoms with Gasteiger partial charge in [0.05, 0.1) is 18.2 Å². The van der Waals surface area contributed by atoms with E-state index < -0.39 is 23.5 Å². The summed E-state index contributed by atoms with van der Waals surface area (Å²) in [6.45, 7) is 3.45. The van der Waals surface area contributed by atoms with Gasteiger partial charge < -0.3 is 24.1 Å². The van der Waals surface area contributed by atoms with Gasteiger partial charge in [-0.25, -0.2) is 0 Å². The second-order valence-electron chi connectivity index (χ2n) is 8.51. The zero-order chi connectivity index (χ0) is 24.4. The third-order valence-electron chi connectivity index (χ3n) is 5.69. The van der Waals surface area contributed by atoms with Crippen LogP contribution in [-0.4, -0.2) is 60.4 Å². The van der Waals surface area contributed by atoms with Crippen LogP contribution in [-0.2, 0) is 4.79 Å². The van der Waals surface area contributed by atoms with Gasteiger partial charge in [-0.1, -0.05) is 30.7 Å². The van der Waals surface area contributed by atoms with E-state index in [1.165, 1.54) is 4.90 Å². The van der Waals surface area contributed by atoms with Crippen molar-refractivity contribution in [2.75, 3.05) is 33.8 Å². The molecule has 2 aromatic carbocycles. The summed E-state index contributed by atoms with van der Waals surface area (Å²) in [4.78, 5) is 30.2. The van der Waals surface area contributed by atoms with Crippen molar-refractivity contribution in [1.29, 1.82) is 0 Å². The molecule has 0 bridgehead atoms. The zero-order valence-corrected chi connectivity index (χ0v) is 20.1. The highest BCUT2D eigenvalue weighted by atomic mass is 35.5. The highest BCUT2D eigenvalue weighted by Crippen LogP contribution is 2.40. The Morgan fingerprint density at radius 1 is 1.21 bits per heavy atom. The van der Waals surface area contributed by atoms with E-state index in [9.17, 15) is 14.7 Å². The summed E-state index contributed by atoms with van der Waals surface area (Å²) < 4.78 is 11.5. The summed E-state index contributed by atoms with van der Waals surface area (Å²) in [6, 6.07) is 13.1. The number of ether oxygens (including phenoxy) is 1. The summed E-state index contributed by atoms with van der Waals surface area (Å²) in [7, 11) is 3.79. The van der Waals surface area contributed by atoms with Crippen LogP contribution in [0.25, 0.3) is 11.0 Å². The van der Waals surface area contributed by atoms with Crippen LogP contribution in [0, 0.1) is 0 Å². The molecule has 0 spiro atoms. The van der Waals surface area contributed by atoms with Gasteiger partial charge in [0.15, 0.2) is 11.5 Å². The Kier molecular flexibility index (Phi) is 6.95. The van der Waals surface area contributed by atoms with Crippen molar-refractivity contribution in [3.05, 3.63) is 76.2 Å². The van der Waals surface area contributed by atoms with Crippen LogP contribution >= 0.6 is 11.6 Å². The number of furan rings is 1. The minimum atomic E-state index is -0.776. The molecule has 7 nitrogen and oxygen atoms in total. The van der Waals surface area contributed by atoms with Gasteiger partial charge in [0.1, 0.15) is 11.3 Å². The van der Waals surface area contributed by atoms with E-state index in [4.69, 9.17) is 20.8 Å². The molecule has 0 fully saturated rings. The predicted molar refractivity (Wildman–Crippen MR) is 130 cm³/mol. The minimum Gasteiger partial charge on any atom is -0.503 e. The van der Waals surface area contributed by atoms with E-state index in [1.807, 2.05) is 44.1 Å². The highest BCUT2D eigenvalue weighted by molar-refractivity contribution is 6.31. The van der Waals surface area contributed by atoms with Crippen LogP contribution < -0.4 is 4.74 Å².